The van der Waals surface area contributed by atoms with Gasteiger partial charge < -0.3 is 9.88 Å². The highest BCUT2D eigenvalue weighted by Gasteiger charge is 2.33. The number of hydrogen-bond donors (Lipinski definition) is 2. The number of rotatable bonds is 3. The maximum atomic E-state index is 12.0. The van der Waals surface area contributed by atoms with Crippen molar-refractivity contribution in [3.05, 3.63) is 27.6 Å². The third-order valence-electron chi connectivity index (χ3n) is 2.87. The van der Waals surface area contributed by atoms with Crippen molar-refractivity contribution < 1.29 is 13.2 Å². The summed E-state index contributed by atoms with van der Waals surface area (Å²) in [6.45, 7) is 0.498. The number of carbonyl (C=O) groups is 1. The molecule has 0 radical (unpaired) electrons. The Bertz CT molecular complexity index is 670. The van der Waals surface area contributed by atoms with Crippen LogP contribution < -0.4 is 10.3 Å². The topological polar surface area (TPSA) is 99.3 Å². The predicted octanol–water partition coefficient (Wildman–Crippen LogP) is -0.463. The van der Waals surface area contributed by atoms with Crippen LogP contribution in [0, 0.1) is 0 Å². The number of nitrogens with zero attached hydrogens (tertiary/aromatic N) is 1. The second-order valence-electron chi connectivity index (χ2n) is 4.23. The number of H-pyrrole nitrogens is 1. The van der Waals surface area contributed by atoms with E-state index in [4.69, 9.17) is 11.6 Å². The van der Waals surface area contributed by atoms with Crippen molar-refractivity contribution in [1.29, 1.82) is 0 Å². The highest BCUT2D eigenvalue weighted by molar-refractivity contribution is 7.89. The summed E-state index contributed by atoms with van der Waals surface area (Å²) in [5.41, 5.74) is -0.572. The SMILES string of the molecule is CN1CCC(NS(=O)(=O)c2c[nH]c(=O)c(Cl)c2)C1=O. The van der Waals surface area contributed by atoms with Crippen LogP contribution in [0.25, 0.3) is 0 Å². The van der Waals surface area contributed by atoms with Gasteiger partial charge >= 0.3 is 0 Å². The number of amides is 1. The van der Waals surface area contributed by atoms with E-state index in [1.165, 1.54) is 4.90 Å². The Labute approximate surface area is 114 Å². The van der Waals surface area contributed by atoms with Gasteiger partial charge in [-0.25, -0.2) is 8.42 Å². The van der Waals surface area contributed by atoms with E-state index in [-0.39, 0.29) is 15.8 Å². The van der Waals surface area contributed by atoms with Crippen LogP contribution in [-0.4, -0.2) is 43.8 Å². The predicted molar refractivity (Wildman–Crippen MR) is 68.4 cm³/mol. The number of pyridine rings is 1. The molecule has 1 aliphatic heterocycles. The molecule has 0 aromatic carbocycles. The molecule has 0 aliphatic carbocycles. The largest absolute Gasteiger partial charge is 0.344 e. The normalized spacial score (nSPS) is 20.0. The van der Waals surface area contributed by atoms with E-state index in [9.17, 15) is 18.0 Å². The lowest BCUT2D eigenvalue weighted by atomic mass is 10.3. The first-order valence-corrected chi connectivity index (χ1v) is 7.33. The van der Waals surface area contributed by atoms with Crippen LogP contribution in [0.5, 0.6) is 0 Å². The number of aromatic nitrogens is 1. The fourth-order valence-corrected chi connectivity index (χ4v) is 3.23. The van der Waals surface area contributed by atoms with E-state index in [0.717, 1.165) is 12.3 Å². The first-order chi connectivity index (χ1) is 8.81. The number of likely N-dealkylation sites (N-methyl/N-ethyl adjacent to an activating group) is 1. The van der Waals surface area contributed by atoms with Crippen molar-refractivity contribution >= 4 is 27.5 Å². The van der Waals surface area contributed by atoms with Crippen molar-refractivity contribution in [1.82, 2.24) is 14.6 Å². The highest BCUT2D eigenvalue weighted by Crippen LogP contribution is 2.15. The van der Waals surface area contributed by atoms with Gasteiger partial charge in [-0.1, -0.05) is 11.6 Å². The highest BCUT2D eigenvalue weighted by atomic mass is 35.5. The lowest BCUT2D eigenvalue weighted by molar-refractivity contribution is -0.127. The molecule has 19 heavy (non-hydrogen) atoms. The summed E-state index contributed by atoms with van der Waals surface area (Å²) in [6.07, 6.45) is 1.45. The summed E-state index contributed by atoms with van der Waals surface area (Å²) in [5, 5.41) is -0.224. The van der Waals surface area contributed by atoms with Gasteiger partial charge in [-0.15, -0.1) is 0 Å². The van der Waals surface area contributed by atoms with Crippen LogP contribution in [-0.2, 0) is 14.8 Å². The molecule has 0 saturated carbocycles. The number of nitrogens with one attached hydrogen (secondary N) is 2. The van der Waals surface area contributed by atoms with E-state index in [1.807, 2.05) is 0 Å². The second kappa shape index (κ2) is 4.95. The smallest absolute Gasteiger partial charge is 0.266 e. The first-order valence-electron chi connectivity index (χ1n) is 5.47. The molecule has 1 aromatic heterocycles. The molecule has 9 heteroatoms. The third-order valence-corrected chi connectivity index (χ3v) is 4.60. The molecule has 1 saturated heterocycles. The van der Waals surface area contributed by atoms with E-state index in [1.54, 1.807) is 7.05 Å². The summed E-state index contributed by atoms with van der Waals surface area (Å²) >= 11 is 5.58. The van der Waals surface area contributed by atoms with E-state index in [0.29, 0.717) is 13.0 Å². The molecule has 7 nitrogen and oxygen atoms in total. The van der Waals surface area contributed by atoms with E-state index in [2.05, 4.69) is 9.71 Å². The average molecular weight is 306 g/mol. The number of likely N-dealkylation sites (tertiary alicyclic amines) is 1. The molecule has 1 aromatic rings. The first kappa shape index (κ1) is 14.0. The molecule has 2 N–H and O–H groups in total. The Morgan fingerprint density at radius 3 is 2.68 bits per heavy atom. The van der Waals surface area contributed by atoms with Gasteiger partial charge in [-0.05, 0) is 12.5 Å². The molecule has 0 spiro atoms. The van der Waals surface area contributed by atoms with Crippen LogP contribution in [0.2, 0.25) is 5.02 Å². The summed E-state index contributed by atoms with van der Waals surface area (Å²) in [7, 11) is -2.29. The number of halogens is 1. The fourth-order valence-electron chi connectivity index (χ4n) is 1.78. The van der Waals surface area contributed by atoms with Gasteiger partial charge in [0.05, 0.1) is 4.90 Å². The van der Waals surface area contributed by atoms with Crippen LogP contribution in [0.4, 0.5) is 0 Å². The molecule has 2 rings (SSSR count). The summed E-state index contributed by atoms with van der Waals surface area (Å²) in [4.78, 5) is 26.2. The Morgan fingerprint density at radius 2 is 2.16 bits per heavy atom. The van der Waals surface area contributed by atoms with Crippen LogP contribution in [0.3, 0.4) is 0 Å². The molecule has 104 valence electrons. The molecular weight excluding hydrogens is 294 g/mol. The standard InChI is InChI=1S/C10H12ClN3O4S/c1-14-3-2-8(10(14)16)13-19(17,18)6-4-7(11)9(15)12-5-6/h4-5,8,13H,2-3H2,1H3,(H,12,15). The molecule has 1 aliphatic rings. The monoisotopic (exact) mass is 305 g/mol. The zero-order valence-corrected chi connectivity index (χ0v) is 11.6. The Hall–Kier alpha value is -1.38. The van der Waals surface area contributed by atoms with Crippen molar-refractivity contribution in [3.63, 3.8) is 0 Å². The summed E-state index contributed by atoms with van der Waals surface area (Å²) < 4.78 is 26.4. The van der Waals surface area contributed by atoms with Gasteiger partial charge in [0.15, 0.2) is 0 Å². The number of sulfonamides is 1. The third kappa shape index (κ3) is 2.80. The molecule has 0 bridgehead atoms. The maximum absolute atomic E-state index is 12.0. The van der Waals surface area contributed by atoms with Crippen LogP contribution >= 0.6 is 11.6 Å². The van der Waals surface area contributed by atoms with Crippen molar-refractivity contribution in [2.45, 2.75) is 17.4 Å². The number of aromatic amines is 1. The number of hydrogen-bond acceptors (Lipinski definition) is 4. The van der Waals surface area contributed by atoms with Crippen molar-refractivity contribution in [3.8, 4) is 0 Å². The van der Waals surface area contributed by atoms with Gasteiger partial charge in [0, 0.05) is 19.8 Å². The minimum absolute atomic E-state index is 0.181. The zero-order chi connectivity index (χ0) is 14.2. The van der Waals surface area contributed by atoms with Gasteiger partial charge in [-0.2, -0.15) is 4.72 Å². The van der Waals surface area contributed by atoms with E-state index >= 15 is 0 Å². The second-order valence-corrected chi connectivity index (χ2v) is 6.36. The Balaban J connectivity index is 2.26. The van der Waals surface area contributed by atoms with Crippen molar-refractivity contribution in [2.75, 3.05) is 13.6 Å². The van der Waals surface area contributed by atoms with Gasteiger partial charge in [0.1, 0.15) is 11.1 Å². The van der Waals surface area contributed by atoms with Crippen LogP contribution in [0.1, 0.15) is 6.42 Å². The Kier molecular flexibility index (Phi) is 3.66. The average Bonchev–Trinajstić information content (AvgIpc) is 2.64. The Morgan fingerprint density at radius 1 is 1.47 bits per heavy atom. The van der Waals surface area contributed by atoms with Gasteiger partial charge in [0.25, 0.3) is 5.56 Å². The van der Waals surface area contributed by atoms with E-state index < -0.39 is 21.6 Å². The maximum Gasteiger partial charge on any atom is 0.266 e. The summed E-state index contributed by atoms with van der Waals surface area (Å²) in [5.74, 6) is -0.279. The summed E-state index contributed by atoms with van der Waals surface area (Å²) in [6, 6.07) is 0.270. The lowest BCUT2D eigenvalue weighted by Crippen LogP contribution is -2.40. The minimum atomic E-state index is -3.89. The molecule has 1 atom stereocenters. The van der Waals surface area contributed by atoms with Crippen molar-refractivity contribution in [2.24, 2.45) is 0 Å². The lowest BCUT2D eigenvalue weighted by Gasteiger charge is -2.12. The molecular formula is C10H12ClN3O4S. The zero-order valence-electron chi connectivity index (χ0n) is 10.0. The molecule has 1 fully saturated rings. The minimum Gasteiger partial charge on any atom is -0.344 e. The molecule has 1 amide bonds. The van der Waals surface area contributed by atoms with Gasteiger partial charge in [0.2, 0.25) is 15.9 Å². The molecule has 1 unspecified atom stereocenters. The molecule has 2 heterocycles. The quantitative estimate of drug-likeness (QED) is 0.789. The fraction of sp³-hybridized carbons (Fsp3) is 0.400. The number of carbonyl (C=O) groups excluding carboxylic acids is 1. The van der Waals surface area contributed by atoms with Gasteiger partial charge in [-0.3, -0.25) is 9.59 Å². The van der Waals surface area contributed by atoms with Crippen LogP contribution in [0.15, 0.2) is 22.0 Å².